The molecule has 1 heterocycles. The molecule has 0 aliphatic heterocycles. The molecule has 1 atom stereocenters. The molecule has 2 rings (SSSR count). The number of nitrogens with zero attached hydrogens (tertiary/aromatic N) is 1. The maximum Gasteiger partial charge on any atom is 0.416 e. The maximum absolute atomic E-state index is 12.7. The summed E-state index contributed by atoms with van der Waals surface area (Å²) in [4.78, 5) is 15.7. The van der Waals surface area contributed by atoms with Gasteiger partial charge in [0.25, 0.3) is 5.91 Å². The molecular weight excluding hydrogens is 323 g/mol. The number of aliphatic hydroxyl groups excluding tert-OH is 1. The van der Waals surface area contributed by atoms with Gasteiger partial charge in [-0.05, 0) is 29.8 Å². The number of anilines is 1. The van der Waals surface area contributed by atoms with Crippen molar-refractivity contribution in [2.45, 2.75) is 12.3 Å². The topological polar surface area (TPSA) is 74.2 Å². The standard InChI is InChI=1S/C16H16F3N3O2/c1-20-15(24)12-6-3-7-21-14(12)22-9-13(23)10-4-2-5-11(8-10)16(17,18)19/h2-8,13,23H,9H2,1H3,(H,20,24)(H,21,22). The Morgan fingerprint density at radius 2 is 2.04 bits per heavy atom. The lowest BCUT2D eigenvalue weighted by atomic mass is 10.1. The summed E-state index contributed by atoms with van der Waals surface area (Å²) in [7, 11) is 1.47. The Morgan fingerprint density at radius 3 is 2.71 bits per heavy atom. The third-order valence-corrected chi connectivity index (χ3v) is 3.34. The van der Waals surface area contributed by atoms with E-state index >= 15 is 0 Å². The van der Waals surface area contributed by atoms with E-state index in [1.807, 2.05) is 0 Å². The van der Waals surface area contributed by atoms with Crippen molar-refractivity contribution < 1.29 is 23.1 Å². The Balaban J connectivity index is 2.12. The lowest BCUT2D eigenvalue weighted by molar-refractivity contribution is -0.137. The fourth-order valence-corrected chi connectivity index (χ4v) is 2.10. The van der Waals surface area contributed by atoms with Crippen molar-refractivity contribution in [1.82, 2.24) is 10.3 Å². The van der Waals surface area contributed by atoms with Crippen LogP contribution in [0.4, 0.5) is 19.0 Å². The molecule has 1 amide bonds. The second kappa shape index (κ2) is 7.31. The molecular formula is C16H16F3N3O2. The number of pyridine rings is 1. The zero-order chi connectivity index (χ0) is 17.7. The molecule has 5 nitrogen and oxygen atoms in total. The molecule has 8 heteroatoms. The van der Waals surface area contributed by atoms with Gasteiger partial charge in [0, 0.05) is 19.8 Å². The fourth-order valence-electron chi connectivity index (χ4n) is 2.10. The summed E-state index contributed by atoms with van der Waals surface area (Å²) in [5, 5.41) is 15.3. The number of rotatable bonds is 5. The van der Waals surface area contributed by atoms with E-state index in [-0.39, 0.29) is 29.4 Å². The van der Waals surface area contributed by atoms with Gasteiger partial charge < -0.3 is 15.7 Å². The molecule has 0 saturated carbocycles. The highest BCUT2D eigenvalue weighted by Crippen LogP contribution is 2.30. The number of halogens is 3. The van der Waals surface area contributed by atoms with Crippen molar-refractivity contribution in [3.05, 3.63) is 59.3 Å². The molecule has 1 aromatic carbocycles. The van der Waals surface area contributed by atoms with Crippen LogP contribution < -0.4 is 10.6 Å². The van der Waals surface area contributed by atoms with Crippen LogP contribution in [0, 0.1) is 0 Å². The smallest absolute Gasteiger partial charge is 0.387 e. The second-order valence-electron chi connectivity index (χ2n) is 5.00. The average Bonchev–Trinajstić information content (AvgIpc) is 2.58. The normalized spacial score (nSPS) is 12.5. The Bertz CT molecular complexity index is 720. The van der Waals surface area contributed by atoms with Crippen LogP contribution in [0.25, 0.3) is 0 Å². The molecule has 3 N–H and O–H groups in total. The number of carbonyl (C=O) groups is 1. The van der Waals surface area contributed by atoms with Crippen LogP contribution in [-0.4, -0.2) is 29.6 Å². The third kappa shape index (κ3) is 4.23. The quantitative estimate of drug-likeness (QED) is 0.783. The SMILES string of the molecule is CNC(=O)c1cccnc1NCC(O)c1cccc(C(F)(F)F)c1. The van der Waals surface area contributed by atoms with Gasteiger partial charge in [0.05, 0.1) is 17.2 Å². The first-order valence-corrected chi connectivity index (χ1v) is 7.09. The number of aromatic nitrogens is 1. The molecule has 2 aromatic rings. The molecule has 1 unspecified atom stereocenters. The Morgan fingerprint density at radius 1 is 1.29 bits per heavy atom. The monoisotopic (exact) mass is 339 g/mol. The van der Waals surface area contributed by atoms with Crippen molar-refractivity contribution in [1.29, 1.82) is 0 Å². The van der Waals surface area contributed by atoms with E-state index in [0.717, 1.165) is 12.1 Å². The minimum Gasteiger partial charge on any atom is -0.387 e. The first-order valence-electron chi connectivity index (χ1n) is 7.09. The van der Waals surface area contributed by atoms with Crippen LogP contribution in [-0.2, 0) is 6.18 Å². The van der Waals surface area contributed by atoms with E-state index in [2.05, 4.69) is 15.6 Å². The first-order chi connectivity index (χ1) is 11.3. The van der Waals surface area contributed by atoms with E-state index < -0.39 is 17.8 Å². The summed E-state index contributed by atoms with van der Waals surface area (Å²) in [6.07, 6.45) is -4.20. The van der Waals surface area contributed by atoms with Crippen molar-refractivity contribution in [3.8, 4) is 0 Å². The van der Waals surface area contributed by atoms with Gasteiger partial charge in [-0.3, -0.25) is 4.79 Å². The average molecular weight is 339 g/mol. The van der Waals surface area contributed by atoms with E-state index in [0.29, 0.717) is 0 Å². The van der Waals surface area contributed by atoms with Crippen LogP contribution in [0.1, 0.15) is 27.6 Å². The van der Waals surface area contributed by atoms with Gasteiger partial charge in [-0.15, -0.1) is 0 Å². The van der Waals surface area contributed by atoms with Gasteiger partial charge in [-0.2, -0.15) is 13.2 Å². The number of amides is 1. The zero-order valence-electron chi connectivity index (χ0n) is 12.8. The molecule has 0 aliphatic rings. The molecule has 0 fully saturated rings. The van der Waals surface area contributed by atoms with Crippen molar-refractivity contribution >= 4 is 11.7 Å². The summed E-state index contributed by atoms with van der Waals surface area (Å²) in [5.74, 6) is -0.123. The summed E-state index contributed by atoms with van der Waals surface area (Å²) >= 11 is 0. The van der Waals surface area contributed by atoms with Crippen LogP contribution >= 0.6 is 0 Å². The molecule has 0 saturated heterocycles. The molecule has 128 valence electrons. The van der Waals surface area contributed by atoms with Crippen LogP contribution in [0.3, 0.4) is 0 Å². The lowest BCUT2D eigenvalue weighted by Crippen LogP contribution is -2.21. The zero-order valence-corrected chi connectivity index (χ0v) is 12.8. The van der Waals surface area contributed by atoms with Gasteiger partial charge in [0.1, 0.15) is 5.82 Å². The van der Waals surface area contributed by atoms with E-state index in [4.69, 9.17) is 0 Å². The first kappa shape index (κ1) is 17.7. The van der Waals surface area contributed by atoms with Crippen LogP contribution in [0.5, 0.6) is 0 Å². The summed E-state index contributed by atoms with van der Waals surface area (Å²) in [6, 6.07) is 7.60. The molecule has 1 aromatic heterocycles. The van der Waals surface area contributed by atoms with Gasteiger partial charge in [0.2, 0.25) is 0 Å². The van der Waals surface area contributed by atoms with Crippen molar-refractivity contribution in [2.75, 3.05) is 18.9 Å². The maximum atomic E-state index is 12.7. The highest BCUT2D eigenvalue weighted by molar-refractivity contribution is 5.98. The highest BCUT2D eigenvalue weighted by atomic mass is 19.4. The van der Waals surface area contributed by atoms with Crippen LogP contribution in [0.15, 0.2) is 42.6 Å². The number of benzene rings is 1. The molecule has 0 spiro atoms. The molecule has 0 bridgehead atoms. The minimum atomic E-state index is -4.48. The Hall–Kier alpha value is -2.61. The number of hydrogen-bond donors (Lipinski definition) is 3. The summed E-state index contributed by atoms with van der Waals surface area (Å²) < 4.78 is 38.1. The fraction of sp³-hybridized carbons (Fsp3) is 0.250. The van der Waals surface area contributed by atoms with E-state index in [9.17, 15) is 23.1 Å². The third-order valence-electron chi connectivity index (χ3n) is 3.34. The number of nitrogens with one attached hydrogen (secondary N) is 2. The molecule has 0 radical (unpaired) electrons. The van der Waals surface area contributed by atoms with Crippen molar-refractivity contribution in [3.63, 3.8) is 0 Å². The minimum absolute atomic E-state index is 0.0949. The number of aliphatic hydroxyl groups is 1. The Labute approximate surface area is 136 Å². The van der Waals surface area contributed by atoms with Gasteiger partial charge in [0.15, 0.2) is 0 Å². The molecule has 0 aliphatic carbocycles. The van der Waals surface area contributed by atoms with Crippen molar-refractivity contribution in [2.24, 2.45) is 0 Å². The van der Waals surface area contributed by atoms with Gasteiger partial charge in [-0.1, -0.05) is 12.1 Å². The predicted octanol–water partition coefficient (Wildman–Crippen LogP) is 2.61. The Kier molecular flexibility index (Phi) is 5.40. The van der Waals surface area contributed by atoms with Gasteiger partial charge in [-0.25, -0.2) is 4.98 Å². The highest BCUT2D eigenvalue weighted by Gasteiger charge is 2.30. The van der Waals surface area contributed by atoms with Crippen LogP contribution in [0.2, 0.25) is 0 Å². The molecule has 24 heavy (non-hydrogen) atoms. The predicted molar refractivity (Wildman–Crippen MR) is 82.5 cm³/mol. The number of alkyl halides is 3. The van der Waals surface area contributed by atoms with E-state index in [1.165, 1.54) is 25.4 Å². The lowest BCUT2D eigenvalue weighted by Gasteiger charge is -2.16. The largest absolute Gasteiger partial charge is 0.416 e. The van der Waals surface area contributed by atoms with Gasteiger partial charge >= 0.3 is 6.18 Å². The second-order valence-corrected chi connectivity index (χ2v) is 5.00. The summed E-state index contributed by atoms with van der Waals surface area (Å²) in [5.41, 5.74) is -0.436. The number of hydrogen-bond acceptors (Lipinski definition) is 4. The van der Waals surface area contributed by atoms with E-state index in [1.54, 1.807) is 12.1 Å². The summed E-state index contributed by atoms with van der Waals surface area (Å²) in [6.45, 7) is -0.0949. The number of carbonyl (C=O) groups excluding carboxylic acids is 1.